The molecule has 24 heavy (non-hydrogen) atoms. The highest BCUT2D eigenvalue weighted by Crippen LogP contribution is 2.26. The van der Waals surface area contributed by atoms with Gasteiger partial charge in [-0.1, -0.05) is 18.2 Å². The Balaban J connectivity index is 1.79. The molecule has 2 heterocycles. The van der Waals surface area contributed by atoms with Crippen molar-refractivity contribution in [3.05, 3.63) is 64.3 Å². The van der Waals surface area contributed by atoms with E-state index in [1.807, 2.05) is 0 Å². The monoisotopic (exact) mass is 328 g/mol. The summed E-state index contributed by atoms with van der Waals surface area (Å²) in [6, 6.07) is 12.1. The lowest BCUT2D eigenvalue weighted by Crippen LogP contribution is -2.13. The van der Waals surface area contributed by atoms with Gasteiger partial charge >= 0.3 is 5.82 Å². The van der Waals surface area contributed by atoms with Crippen LogP contribution >= 0.6 is 0 Å². The number of nitro groups is 1. The molecule has 0 radical (unpaired) electrons. The summed E-state index contributed by atoms with van der Waals surface area (Å²) in [4.78, 5) is 15.0. The Hall–Kier alpha value is -3.13. The van der Waals surface area contributed by atoms with Gasteiger partial charge in [0.25, 0.3) is 0 Å². The van der Waals surface area contributed by atoms with Crippen molar-refractivity contribution in [3.8, 4) is 5.75 Å². The smallest absolute Gasteiger partial charge is 0.372 e. The molecule has 0 saturated carbocycles. The predicted octanol–water partition coefficient (Wildman–Crippen LogP) is 2.40. The number of imidazole rings is 1. The molecule has 0 bridgehead atoms. The maximum atomic E-state index is 11.3. The molecule has 8 nitrogen and oxygen atoms in total. The second kappa shape index (κ2) is 6.55. The minimum absolute atomic E-state index is 0.0943. The molecule has 0 saturated heterocycles. The lowest BCUT2D eigenvalue weighted by molar-refractivity contribution is -0.389. The molecule has 0 aliphatic carbocycles. The highest BCUT2D eigenvalue weighted by molar-refractivity contribution is 5.62. The molecule has 0 fully saturated rings. The summed E-state index contributed by atoms with van der Waals surface area (Å²) in [5.41, 5.74) is 1.14. The van der Waals surface area contributed by atoms with Crippen LogP contribution in [0.1, 0.15) is 11.7 Å². The van der Waals surface area contributed by atoms with E-state index in [0.717, 1.165) is 0 Å². The number of methoxy groups -OCH3 is 1. The zero-order valence-corrected chi connectivity index (χ0v) is 12.9. The number of hydrogen-bond acceptors (Lipinski definition) is 6. The first-order valence-electron chi connectivity index (χ1n) is 7.27. The Bertz CT molecular complexity index is 860. The number of nitrogens with one attached hydrogen (secondary N) is 1. The van der Waals surface area contributed by atoms with Crippen molar-refractivity contribution in [2.24, 2.45) is 0 Å². The molecule has 0 aliphatic heterocycles. The summed E-state index contributed by atoms with van der Waals surface area (Å²) < 4.78 is 6.46. The van der Waals surface area contributed by atoms with Crippen molar-refractivity contribution < 1.29 is 14.8 Å². The molecular formula is C16H16N4O4. The number of benzene rings is 1. The van der Waals surface area contributed by atoms with Gasteiger partial charge in [0.15, 0.2) is 0 Å². The van der Waals surface area contributed by atoms with E-state index in [-0.39, 0.29) is 18.2 Å². The van der Waals surface area contributed by atoms with Crippen LogP contribution in [0.4, 0.5) is 11.6 Å². The van der Waals surface area contributed by atoms with E-state index in [9.17, 15) is 15.2 Å². The Morgan fingerprint density at radius 3 is 2.75 bits per heavy atom. The third kappa shape index (κ3) is 2.99. The van der Waals surface area contributed by atoms with Crippen LogP contribution in [-0.4, -0.2) is 33.1 Å². The number of aliphatic hydroxyl groups excluding tert-OH is 1. The highest BCUT2D eigenvalue weighted by atomic mass is 16.6. The van der Waals surface area contributed by atoms with Crippen molar-refractivity contribution in [2.75, 3.05) is 19.0 Å². The van der Waals surface area contributed by atoms with Crippen LogP contribution in [0.5, 0.6) is 5.75 Å². The average molecular weight is 328 g/mol. The first-order valence-corrected chi connectivity index (χ1v) is 7.27. The van der Waals surface area contributed by atoms with Crippen LogP contribution in [0.2, 0.25) is 0 Å². The summed E-state index contributed by atoms with van der Waals surface area (Å²) in [6.45, 7) is 0.0943. The minimum atomic E-state index is -0.833. The molecule has 0 spiro atoms. The number of ether oxygens (including phenoxy) is 1. The molecule has 2 N–H and O–H groups in total. The number of pyridine rings is 1. The molecule has 8 heteroatoms. The van der Waals surface area contributed by atoms with Gasteiger partial charge < -0.3 is 25.3 Å². The second-order valence-electron chi connectivity index (χ2n) is 5.14. The molecule has 2 aromatic heterocycles. The fourth-order valence-electron chi connectivity index (χ4n) is 2.41. The van der Waals surface area contributed by atoms with E-state index in [1.165, 1.54) is 4.40 Å². The number of hydrogen-bond donors (Lipinski definition) is 2. The number of rotatable bonds is 6. The number of aromatic nitrogens is 2. The standard InChI is InChI=1S/C16H16N4O4/c1-24-12-7-5-11(6-8-12)13(21)10-17-15-16(20(22)23)19-9-3-2-4-14(19)18-15/h2-9,13,17,21H,10H2,1H3. The van der Waals surface area contributed by atoms with E-state index in [1.54, 1.807) is 55.8 Å². The van der Waals surface area contributed by atoms with Crippen molar-refractivity contribution >= 4 is 17.3 Å². The van der Waals surface area contributed by atoms with Gasteiger partial charge in [0, 0.05) is 12.6 Å². The SMILES string of the molecule is COc1ccc(C(O)CNc2nc3ccccn3c2[N+](=O)[O-])cc1. The Morgan fingerprint density at radius 1 is 1.33 bits per heavy atom. The summed E-state index contributed by atoms with van der Waals surface area (Å²) in [5, 5.41) is 24.4. The number of nitrogens with zero attached hydrogens (tertiary/aromatic N) is 3. The molecule has 3 aromatic rings. The lowest BCUT2D eigenvalue weighted by atomic mass is 10.1. The summed E-state index contributed by atoms with van der Waals surface area (Å²) >= 11 is 0. The van der Waals surface area contributed by atoms with Crippen molar-refractivity contribution in [2.45, 2.75) is 6.10 Å². The fraction of sp³-hybridized carbons (Fsp3) is 0.188. The lowest BCUT2D eigenvalue weighted by Gasteiger charge is -2.12. The maximum Gasteiger partial charge on any atom is 0.372 e. The summed E-state index contributed by atoms with van der Waals surface area (Å²) in [7, 11) is 1.57. The van der Waals surface area contributed by atoms with Gasteiger partial charge in [0.1, 0.15) is 5.75 Å². The van der Waals surface area contributed by atoms with Gasteiger partial charge in [-0.25, -0.2) is 0 Å². The Morgan fingerprint density at radius 2 is 2.08 bits per heavy atom. The van der Waals surface area contributed by atoms with Gasteiger partial charge in [-0.2, -0.15) is 9.38 Å². The zero-order valence-electron chi connectivity index (χ0n) is 12.9. The fourth-order valence-corrected chi connectivity index (χ4v) is 2.41. The third-order valence-electron chi connectivity index (χ3n) is 3.64. The molecule has 0 aliphatic rings. The van der Waals surface area contributed by atoms with Gasteiger partial charge in [0.05, 0.1) is 19.4 Å². The van der Waals surface area contributed by atoms with Crippen molar-refractivity contribution in [3.63, 3.8) is 0 Å². The van der Waals surface area contributed by atoms with Crippen LogP contribution in [0, 0.1) is 10.1 Å². The molecule has 3 rings (SSSR count). The largest absolute Gasteiger partial charge is 0.497 e. The predicted molar refractivity (Wildman–Crippen MR) is 88.3 cm³/mol. The maximum absolute atomic E-state index is 11.3. The van der Waals surface area contributed by atoms with Gasteiger partial charge in [-0.3, -0.25) is 0 Å². The molecule has 124 valence electrons. The molecule has 1 unspecified atom stereocenters. The zero-order chi connectivity index (χ0) is 17.1. The van der Waals surface area contributed by atoms with Gasteiger partial charge in [-0.15, -0.1) is 0 Å². The van der Waals surface area contributed by atoms with E-state index in [4.69, 9.17) is 4.74 Å². The molecule has 0 amide bonds. The quantitative estimate of drug-likeness (QED) is 0.532. The molecule has 1 aromatic carbocycles. The van der Waals surface area contributed by atoms with E-state index >= 15 is 0 Å². The normalized spacial score (nSPS) is 12.1. The highest BCUT2D eigenvalue weighted by Gasteiger charge is 2.22. The number of aliphatic hydroxyl groups is 1. The first-order chi connectivity index (χ1) is 11.6. The van der Waals surface area contributed by atoms with E-state index < -0.39 is 11.0 Å². The van der Waals surface area contributed by atoms with Crippen LogP contribution < -0.4 is 10.1 Å². The van der Waals surface area contributed by atoms with Crippen molar-refractivity contribution in [1.82, 2.24) is 9.38 Å². The van der Waals surface area contributed by atoms with Crippen LogP contribution in [0.3, 0.4) is 0 Å². The number of anilines is 1. The van der Waals surface area contributed by atoms with Crippen LogP contribution in [0.15, 0.2) is 48.7 Å². The third-order valence-corrected chi connectivity index (χ3v) is 3.64. The van der Waals surface area contributed by atoms with Gasteiger partial charge in [0.2, 0.25) is 11.5 Å². The van der Waals surface area contributed by atoms with E-state index in [2.05, 4.69) is 10.3 Å². The molecular weight excluding hydrogens is 312 g/mol. The summed E-state index contributed by atoms with van der Waals surface area (Å²) in [5.74, 6) is 0.654. The minimum Gasteiger partial charge on any atom is -0.497 e. The van der Waals surface area contributed by atoms with Crippen LogP contribution in [-0.2, 0) is 0 Å². The van der Waals surface area contributed by atoms with Gasteiger partial charge in [-0.05, 0) is 28.7 Å². The first kappa shape index (κ1) is 15.8. The van der Waals surface area contributed by atoms with Crippen LogP contribution in [0.25, 0.3) is 5.65 Å². The van der Waals surface area contributed by atoms with E-state index in [0.29, 0.717) is 17.0 Å². The summed E-state index contributed by atoms with van der Waals surface area (Å²) in [6.07, 6.45) is 0.742. The number of fused-ring (bicyclic) bond motifs is 1. The Labute approximate surface area is 137 Å². The second-order valence-corrected chi connectivity index (χ2v) is 5.14. The molecule has 1 atom stereocenters. The average Bonchev–Trinajstić information content (AvgIpc) is 2.98. The Kier molecular flexibility index (Phi) is 4.30. The topological polar surface area (TPSA) is 102 Å². The van der Waals surface area contributed by atoms with Crippen molar-refractivity contribution in [1.29, 1.82) is 0 Å².